The first-order valence-electron chi connectivity index (χ1n) is 8.16. The minimum atomic E-state index is 0.171. The fraction of sp³-hybridized carbons (Fsp3) is 0.100. The summed E-state index contributed by atoms with van der Waals surface area (Å²) >= 11 is 10.4. The second-order valence-electron chi connectivity index (χ2n) is 6.01. The number of aliphatic imine (C=N–C) groups is 1. The van der Waals surface area contributed by atoms with Gasteiger partial charge < -0.3 is 9.84 Å². The van der Waals surface area contributed by atoms with Gasteiger partial charge in [-0.2, -0.15) is 0 Å². The lowest BCUT2D eigenvalue weighted by Gasteiger charge is -2.06. The Bertz CT molecular complexity index is 1130. The molecule has 4 nitrogen and oxygen atoms in total. The molecular weight excluding hydrogens is 444 g/mol. The van der Waals surface area contributed by atoms with Crippen LogP contribution in [0.4, 0.5) is 5.69 Å². The zero-order chi connectivity index (χ0) is 19.0. The van der Waals surface area contributed by atoms with Gasteiger partial charge in [0.2, 0.25) is 5.88 Å². The normalized spacial score (nSPS) is 13.9. The predicted molar refractivity (Wildman–Crippen MR) is 117 cm³/mol. The standard InChI is InChI=1S/C20H15BrN2O2S2/c1-25-15-5-2-12(3-6-15)11-23-19(24)18(27-20(23)26)8-13-10-22-17-7-4-14(21)9-16(13)17/h2-10,24H,11H2,1H3. The van der Waals surface area contributed by atoms with Gasteiger partial charge in [-0.15, -0.1) is 11.3 Å². The van der Waals surface area contributed by atoms with Crippen molar-refractivity contribution >= 4 is 63.0 Å². The molecule has 136 valence electrons. The number of hydrogen-bond donors (Lipinski definition) is 1. The summed E-state index contributed by atoms with van der Waals surface area (Å²) in [6.45, 7) is 0.505. The fourth-order valence-corrected chi connectivity index (χ4v) is 4.50. The number of thiazole rings is 1. The highest BCUT2D eigenvalue weighted by atomic mass is 79.9. The molecule has 7 heteroatoms. The van der Waals surface area contributed by atoms with Gasteiger partial charge in [0.25, 0.3) is 0 Å². The van der Waals surface area contributed by atoms with E-state index in [2.05, 4.69) is 20.9 Å². The summed E-state index contributed by atoms with van der Waals surface area (Å²) in [5.41, 5.74) is 3.94. The Labute approximate surface area is 174 Å². The maximum absolute atomic E-state index is 10.7. The number of methoxy groups -OCH3 is 1. The van der Waals surface area contributed by atoms with Crippen molar-refractivity contribution in [3.63, 3.8) is 0 Å². The first-order chi connectivity index (χ1) is 13.0. The molecule has 0 aliphatic carbocycles. The molecule has 0 saturated heterocycles. The Hall–Kier alpha value is -2.22. The van der Waals surface area contributed by atoms with E-state index in [0.717, 1.165) is 37.5 Å². The molecule has 1 aliphatic heterocycles. The van der Waals surface area contributed by atoms with Crippen LogP contribution in [0, 0.1) is 3.95 Å². The smallest absolute Gasteiger partial charge is 0.210 e. The van der Waals surface area contributed by atoms with Crippen molar-refractivity contribution < 1.29 is 9.84 Å². The summed E-state index contributed by atoms with van der Waals surface area (Å²) in [5.74, 6) is 0.970. The number of hydrogen-bond acceptors (Lipinski definition) is 5. The van der Waals surface area contributed by atoms with Crippen LogP contribution in [0.2, 0.25) is 0 Å². The number of halogens is 1. The molecule has 0 saturated carbocycles. The van der Waals surface area contributed by atoms with Crippen molar-refractivity contribution in [3.8, 4) is 11.6 Å². The number of ether oxygens (including phenoxy) is 1. The molecule has 1 aliphatic rings. The molecule has 4 rings (SSSR count). The van der Waals surface area contributed by atoms with Crippen LogP contribution < -0.4 is 4.74 Å². The maximum Gasteiger partial charge on any atom is 0.210 e. The molecule has 27 heavy (non-hydrogen) atoms. The van der Waals surface area contributed by atoms with Gasteiger partial charge in [0, 0.05) is 21.8 Å². The quantitative estimate of drug-likeness (QED) is 0.483. The van der Waals surface area contributed by atoms with Gasteiger partial charge in [0.15, 0.2) is 3.95 Å². The maximum atomic E-state index is 10.7. The second-order valence-corrected chi connectivity index (χ2v) is 8.60. The van der Waals surface area contributed by atoms with E-state index in [-0.39, 0.29) is 5.88 Å². The van der Waals surface area contributed by atoms with E-state index in [4.69, 9.17) is 17.0 Å². The summed E-state index contributed by atoms with van der Waals surface area (Å²) in [6.07, 6.45) is 3.75. The van der Waals surface area contributed by atoms with Crippen molar-refractivity contribution in [1.82, 2.24) is 4.57 Å². The number of aromatic hydroxyl groups is 1. The van der Waals surface area contributed by atoms with Crippen molar-refractivity contribution in [2.45, 2.75) is 6.54 Å². The van der Waals surface area contributed by atoms with E-state index in [9.17, 15) is 5.11 Å². The van der Waals surface area contributed by atoms with Gasteiger partial charge in [-0.1, -0.05) is 28.1 Å². The number of rotatable bonds is 4. The van der Waals surface area contributed by atoms with Crippen LogP contribution in [0.25, 0.3) is 11.6 Å². The summed E-state index contributed by atoms with van der Waals surface area (Å²) in [7, 11) is 1.64. The van der Waals surface area contributed by atoms with E-state index in [1.54, 1.807) is 11.7 Å². The van der Waals surface area contributed by atoms with E-state index in [1.807, 2.05) is 54.8 Å². The van der Waals surface area contributed by atoms with Crippen molar-refractivity contribution in [3.05, 3.63) is 66.9 Å². The third kappa shape index (κ3) is 3.63. The van der Waals surface area contributed by atoms with Crippen LogP contribution in [-0.4, -0.2) is 23.0 Å². The van der Waals surface area contributed by atoms with Crippen LogP contribution in [0.15, 0.2) is 51.9 Å². The molecular formula is C20H15BrN2O2S2. The van der Waals surface area contributed by atoms with E-state index >= 15 is 0 Å². The number of benzene rings is 2. The van der Waals surface area contributed by atoms with E-state index < -0.39 is 0 Å². The Morgan fingerprint density at radius 3 is 2.78 bits per heavy atom. The predicted octanol–water partition coefficient (Wildman–Crippen LogP) is 6.06. The van der Waals surface area contributed by atoms with Crippen molar-refractivity contribution in [2.75, 3.05) is 7.11 Å². The molecule has 0 unspecified atom stereocenters. The lowest BCUT2D eigenvalue weighted by atomic mass is 10.1. The SMILES string of the molecule is COc1ccc(Cn2c(O)c(C=C3C=Nc4ccc(Br)cc43)sc2=S)cc1. The molecule has 1 aromatic heterocycles. The molecule has 0 amide bonds. The third-order valence-corrected chi connectivity index (χ3v) is 6.17. The second kappa shape index (κ2) is 7.42. The van der Waals surface area contributed by atoms with Gasteiger partial charge >= 0.3 is 0 Å². The number of nitrogens with zero attached hydrogens (tertiary/aromatic N) is 2. The van der Waals surface area contributed by atoms with Crippen LogP contribution in [0.5, 0.6) is 11.6 Å². The highest BCUT2D eigenvalue weighted by Gasteiger charge is 2.16. The van der Waals surface area contributed by atoms with Crippen LogP contribution in [-0.2, 0) is 6.54 Å². The molecule has 0 bridgehead atoms. The van der Waals surface area contributed by atoms with Crippen molar-refractivity contribution in [2.24, 2.45) is 4.99 Å². The number of aromatic nitrogens is 1. The molecule has 1 N–H and O–H groups in total. The molecule has 2 heterocycles. The zero-order valence-corrected chi connectivity index (χ0v) is 17.6. The van der Waals surface area contributed by atoms with Gasteiger partial charge in [0.05, 0.1) is 24.2 Å². The number of allylic oxidation sites excluding steroid dienone is 1. The van der Waals surface area contributed by atoms with Crippen LogP contribution in [0.1, 0.15) is 16.0 Å². The van der Waals surface area contributed by atoms with Gasteiger partial charge in [-0.05, 0) is 54.2 Å². The van der Waals surface area contributed by atoms with Gasteiger partial charge in [-0.25, -0.2) is 0 Å². The largest absolute Gasteiger partial charge is 0.497 e. The average molecular weight is 459 g/mol. The topological polar surface area (TPSA) is 46.8 Å². The average Bonchev–Trinajstić information content (AvgIpc) is 3.18. The molecule has 0 spiro atoms. The molecule has 0 fully saturated rings. The Balaban J connectivity index is 1.67. The van der Waals surface area contributed by atoms with Gasteiger partial charge in [0.1, 0.15) is 5.75 Å². The monoisotopic (exact) mass is 458 g/mol. The van der Waals surface area contributed by atoms with Crippen molar-refractivity contribution in [1.29, 1.82) is 0 Å². The fourth-order valence-electron chi connectivity index (χ4n) is 2.88. The van der Waals surface area contributed by atoms with E-state index in [0.29, 0.717) is 10.5 Å². The highest BCUT2D eigenvalue weighted by Crippen LogP contribution is 2.37. The number of fused-ring (bicyclic) bond motifs is 1. The minimum Gasteiger partial charge on any atom is -0.497 e. The van der Waals surface area contributed by atoms with Gasteiger partial charge in [-0.3, -0.25) is 9.56 Å². The highest BCUT2D eigenvalue weighted by molar-refractivity contribution is 9.10. The zero-order valence-electron chi connectivity index (χ0n) is 14.3. The first-order valence-corrected chi connectivity index (χ1v) is 10.2. The summed E-state index contributed by atoms with van der Waals surface area (Å²) in [5, 5.41) is 10.7. The Morgan fingerprint density at radius 2 is 2.04 bits per heavy atom. The van der Waals surface area contributed by atoms with Crippen LogP contribution >= 0.6 is 39.5 Å². The Kier molecular flexibility index (Phi) is 4.99. The third-order valence-electron chi connectivity index (χ3n) is 4.29. The Morgan fingerprint density at radius 1 is 1.26 bits per heavy atom. The summed E-state index contributed by atoms with van der Waals surface area (Å²) in [6, 6.07) is 13.7. The molecule has 0 radical (unpaired) electrons. The van der Waals surface area contributed by atoms with E-state index in [1.165, 1.54) is 11.3 Å². The molecule has 2 aromatic carbocycles. The lowest BCUT2D eigenvalue weighted by Crippen LogP contribution is -1.99. The van der Waals surface area contributed by atoms with Crippen LogP contribution in [0.3, 0.4) is 0 Å². The summed E-state index contributed by atoms with van der Waals surface area (Å²) in [4.78, 5) is 5.15. The lowest BCUT2D eigenvalue weighted by molar-refractivity contribution is 0.414. The molecule has 0 atom stereocenters. The first kappa shape index (κ1) is 18.2. The summed E-state index contributed by atoms with van der Waals surface area (Å²) < 4.78 is 8.54. The molecule has 3 aromatic rings. The minimum absolute atomic E-state index is 0.171.